The first-order valence-corrected chi connectivity index (χ1v) is 8.09. The van der Waals surface area contributed by atoms with E-state index in [1.165, 1.54) is 11.1 Å². The van der Waals surface area contributed by atoms with Crippen molar-refractivity contribution < 1.29 is 9.90 Å². The third kappa shape index (κ3) is 3.90. The quantitative estimate of drug-likeness (QED) is 0.794. The number of carbonyl (C=O) groups is 1. The number of nitrogens with one attached hydrogen (secondary N) is 2. The van der Waals surface area contributed by atoms with Crippen LogP contribution in [-0.4, -0.2) is 17.7 Å². The summed E-state index contributed by atoms with van der Waals surface area (Å²) in [6, 6.07) is 17.6. The minimum atomic E-state index is -0.552. The monoisotopic (exact) mass is 310 g/mol. The maximum atomic E-state index is 12.0. The molecule has 120 valence electrons. The number of carbonyl (C=O) groups excluding carboxylic acids is 1. The van der Waals surface area contributed by atoms with Crippen molar-refractivity contribution in [3.63, 3.8) is 0 Å². The summed E-state index contributed by atoms with van der Waals surface area (Å²) in [5, 5.41) is 15.9. The highest BCUT2D eigenvalue weighted by atomic mass is 16.3. The smallest absolute Gasteiger partial charge is 0.315 e. The van der Waals surface area contributed by atoms with E-state index in [0.717, 1.165) is 18.4 Å². The minimum absolute atomic E-state index is 0.0882. The number of amides is 2. The fourth-order valence-electron chi connectivity index (χ4n) is 3.08. The Bertz CT molecular complexity index is 657. The maximum absolute atomic E-state index is 12.0. The van der Waals surface area contributed by atoms with Crippen molar-refractivity contribution in [3.8, 4) is 0 Å². The van der Waals surface area contributed by atoms with E-state index in [4.69, 9.17) is 0 Å². The molecule has 1 aliphatic rings. The molecule has 2 unspecified atom stereocenters. The average molecular weight is 310 g/mol. The van der Waals surface area contributed by atoms with Gasteiger partial charge in [-0.05, 0) is 36.0 Å². The van der Waals surface area contributed by atoms with Gasteiger partial charge in [-0.25, -0.2) is 4.79 Å². The van der Waals surface area contributed by atoms with Crippen molar-refractivity contribution in [2.45, 2.75) is 31.4 Å². The van der Waals surface area contributed by atoms with Crippen LogP contribution in [0, 0.1) is 0 Å². The molecule has 1 aliphatic carbocycles. The van der Waals surface area contributed by atoms with Crippen LogP contribution in [0.15, 0.2) is 54.6 Å². The van der Waals surface area contributed by atoms with E-state index >= 15 is 0 Å². The van der Waals surface area contributed by atoms with Gasteiger partial charge < -0.3 is 15.7 Å². The van der Waals surface area contributed by atoms with Crippen LogP contribution in [0.3, 0.4) is 0 Å². The van der Waals surface area contributed by atoms with Gasteiger partial charge in [0.2, 0.25) is 0 Å². The summed E-state index contributed by atoms with van der Waals surface area (Å²) in [4.78, 5) is 12.0. The summed E-state index contributed by atoms with van der Waals surface area (Å²) in [6.07, 6.45) is 1.90. The van der Waals surface area contributed by atoms with Gasteiger partial charge in [0.15, 0.2) is 0 Å². The highest BCUT2D eigenvalue weighted by Gasteiger charge is 2.23. The van der Waals surface area contributed by atoms with Crippen LogP contribution in [0.5, 0.6) is 0 Å². The molecule has 0 fully saturated rings. The first-order chi connectivity index (χ1) is 11.2. The molecule has 3 N–H and O–H groups in total. The molecule has 0 heterocycles. The molecular formula is C19H22N2O2. The fraction of sp³-hybridized carbons (Fsp3) is 0.316. The molecule has 0 radical (unpaired) electrons. The Labute approximate surface area is 136 Å². The van der Waals surface area contributed by atoms with Crippen molar-refractivity contribution in [3.05, 3.63) is 71.3 Å². The Balaban J connectivity index is 1.44. The third-order valence-electron chi connectivity index (χ3n) is 4.33. The molecule has 0 saturated heterocycles. The van der Waals surface area contributed by atoms with Crippen molar-refractivity contribution in [1.82, 2.24) is 10.6 Å². The molecule has 3 rings (SSSR count). The van der Waals surface area contributed by atoms with E-state index < -0.39 is 6.10 Å². The molecule has 0 aliphatic heterocycles. The molecule has 2 amide bonds. The molecule has 2 aromatic rings. The van der Waals surface area contributed by atoms with Gasteiger partial charge in [0.25, 0.3) is 0 Å². The van der Waals surface area contributed by atoms with E-state index in [9.17, 15) is 9.90 Å². The van der Waals surface area contributed by atoms with Gasteiger partial charge in [0.05, 0.1) is 12.1 Å². The van der Waals surface area contributed by atoms with Crippen LogP contribution < -0.4 is 10.6 Å². The summed E-state index contributed by atoms with van der Waals surface area (Å²) < 4.78 is 0. The number of aliphatic hydroxyl groups is 1. The lowest BCUT2D eigenvalue weighted by Gasteiger charge is -2.16. The summed E-state index contributed by atoms with van der Waals surface area (Å²) in [6.45, 7) is 0.441. The molecule has 0 aromatic heterocycles. The Kier molecular flexibility index (Phi) is 4.93. The van der Waals surface area contributed by atoms with Gasteiger partial charge in [-0.15, -0.1) is 0 Å². The second-order valence-electron chi connectivity index (χ2n) is 5.91. The van der Waals surface area contributed by atoms with Crippen LogP contribution in [0.25, 0.3) is 0 Å². The van der Waals surface area contributed by atoms with Gasteiger partial charge in [-0.2, -0.15) is 0 Å². The van der Waals surface area contributed by atoms with Crippen LogP contribution in [0.1, 0.15) is 41.7 Å². The number of aryl methyl sites for hydroxylation is 1. The zero-order chi connectivity index (χ0) is 16.1. The number of aliphatic hydroxyl groups excluding tert-OH is 1. The van der Waals surface area contributed by atoms with Crippen LogP contribution in [0.4, 0.5) is 4.79 Å². The Morgan fingerprint density at radius 3 is 2.70 bits per heavy atom. The number of hydrogen-bond donors (Lipinski definition) is 3. The van der Waals surface area contributed by atoms with Crippen molar-refractivity contribution in [1.29, 1.82) is 0 Å². The van der Waals surface area contributed by atoms with E-state index in [-0.39, 0.29) is 12.1 Å². The van der Waals surface area contributed by atoms with Gasteiger partial charge in [-0.3, -0.25) is 0 Å². The lowest BCUT2D eigenvalue weighted by Crippen LogP contribution is -2.38. The Hall–Kier alpha value is -2.33. The van der Waals surface area contributed by atoms with Gasteiger partial charge in [0.1, 0.15) is 0 Å². The maximum Gasteiger partial charge on any atom is 0.315 e. The van der Waals surface area contributed by atoms with Gasteiger partial charge in [0, 0.05) is 6.54 Å². The molecule has 0 saturated carbocycles. The van der Waals surface area contributed by atoms with Crippen LogP contribution in [0.2, 0.25) is 0 Å². The van der Waals surface area contributed by atoms with Crippen LogP contribution in [-0.2, 0) is 6.42 Å². The van der Waals surface area contributed by atoms with E-state index in [0.29, 0.717) is 13.0 Å². The standard InChI is InChI=1S/C19H22N2O2/c22-18(15-7-2-1-3-8-15)12-13-20-19(23)21-17-11-10-14-6-4-5-9-16(14)17/h1-9,17-18,22H,10-13H2,(H2,20,21,23). The topological polar surface area (TPSA) is 61.4 Å². The molecule has 0 bridgehead atoms. The number of urea groups is 1. The van der Waals surface area contributed by atoms with Crippen LogP contribution >= 0.6 is 0 Å². The SMILES string of the molecule is O=C(NCCC(O)c1ccccc1)NC1CCc2ccccc21. The highest BCUT2D eigenvalue weighted by molar-refractivity contribution is 5.74. The van der Waals surface area contributed by atoms with Crippen molar-refractivity contribution in [2.75, 3.05) is 6.54 Å². The second kappa shape index (κ2) is 7.29. The lowest BCUT2D eigenvalue weighted by atomic mass is 10.1. The molecule has 4 heteroatoms. The largest absolute Gasteiger partial charge is 0.388 e. The number of hydrogen-bond acceptors (Lipinski definition) is 2. The molecule has 23 heavy (non-hydrogen) atoms. The Morgan fingerprint density at radius 2 is 1.87 bits per heavy atom. The molecule has 2 atom stereocenters. The Morgan fingerprint density at radius 1 is 1.13 bits per heavy atom. The fourth-order valence-corrected chi connectivity index (χ4v) is 3.08. The summed E-state index contributed by atoms with van der Waals surface area (Å²) >= 11 is 0. The molecule has 2 aromatic carbocycles. The van der Waals surface area contributed by atoms with Gasteiger partial charge in [-0.1, -0.05) is 54.6 Å². The number of benzene rings is 2. The molecular weight excluding hydrogens is 288 g/mol. The number of fused-ring (bicyclic) bond motifs is 1. The first-order valence-electron chi connectivity index (χ1n) is 8.09. The summed E-state index contributed by atoms with van der Waals surface area (Å²) in [7, 11) is 0. The first kappa shape index (κ1) is 15.6. The van der Waals surface area contributed by atoms with E-state index in [1.807, 2.05) is 42.5 Å². The molecule has 4 nitrogen and oxygen atoms in total. The van der Waals surface area contributed by atoms with E-state index in [1.54, 1.807) is 0 Å². The summed E-state index contributed by atoms with van der Waals surface area (Å²) in [5.41, 5.74) is 3.41. The third-order valence-corrected chi connectivity index (χ3v) is 4.33. The van der Waals surface area contributed by atoms with E-state index in [2.05, 4.69) is 22.8 Å². The predicted octanol–water partition coefficient (Wildman–Crippen LogP) is 3.10. The normalized spacial score (nSPS) is 17.3. The predicted molar refractivity (Wildman–Crippen MR) is 90.1 cm³/mol. The minimum Gasteiger partial charge on any atom is -0.388 e. The molecule has 0 spiro atoms. The second-order valence-corrected chi connectivity index (χ2v) is 5.91. The zero-order valence-electron chi connectivity index (χ0n) is 13.0. The summed E-state index contributed by atoms with van der Waals surface area (Å²) in [5.74, 6) is 0. The zero-order valence-corrected chi connectivity index (χ0v) is 13.0. The van der Waals surface area contributed by atoms with Gasteiger partial charge >= 0.3 is 6.03 Å². The average Bonchev–Trinajstić information content (AvgIpc) is 2.99. The highest BCUT2D eigenvalue weighted by Crippen LogP contribution is 2.30. The lowest BCUT2D eigenvalue weighted by molar-refractivity contribution is 0.166. The van der Waals surface area contributed by atoms with Crippen molar-refractivity contribution in [2.24, 2.45) is 0 Å². The van der Waals surface area contributed by atoms with Crippen molar-refractivity contribution >= 4 is 6.03 Å². The number of rotatable bonds is 5.